The highest BCUT2D eigenvalue weighted by molar-refractivity contribution is 5.89. The molecule has 0 heterocycles. The summed E-state index contributed by atoms with van der Waals surface area (Å²) in [5.74, 6) is 0.200. The van der Waals surface area contributed by atoms with E-state index in [1.54, 1.807) is 4.90 Å². The van der Waals surface area contributed by atoms with Crippen molar-refractivity contribution in [2.45, 2.75) is 58.9 Å². The van der Waals surface area contributed by atoms with E-state index in [4.69, 9.17) is 10.9 Å². The van der Waals surface area contributed by atoms with Crippen molar-refractivity contribution < 1.29 is 10.0 Å². The molecule has 1 amide bonds. The zero-order valence-electron chi connectivity index (χ0n) is 11.6. The Kier molecular flexibility index (Phi) is 4.99. The number of nitrogens with two attached hydrogens (primary N) is 1. The van der Waals surface area contributed by atoms with Gasteiger partial charge in [-0.15, -0.1) is 0 Å². The fourth-order valence-corrected chi connectivity index (χ4v) is 2.33. The van der Waals surface area contributed by atoms with Gasteiger partial charge in [-0.3, -0.25) is 4.79 Å². The molecule has 104 valence electrons. The van der Waals surface area contributed by atoms with Crippen LogP contribution in [0, 0.1) is 5.41 Å². The van der Waals surface area contributed by atoms with E-state index in [9.17, 15) is 4.79 Å². The number of nitrogens with zero attached hydrogens (tertiary/aromatic N) is 2. The average molecular weight is 255 g/mol. The zero-order valence-corrected chi connectivity index (χ0v) is 11.6. The maximum absolute atomic E-state index is 12.6. The lowest BCUT2D eigenvalue weighted by molar-refractivity contribution is -0.142. The topological polar surface area (TPSA) is 78.9 Å². The molecule has 0 aromatic rings. The molecule has 0 bridgehead atoms. The summed E-state index contributed by atoms with van der Waals surface area (Å²) < 4.78 is 0. The Morgan fingerprint density at radius 1 is 1.44 bits per heavy atom. The van der Waals surface area contributed by atoms with Crippen LogP contribution in [0.25, 0.3) is 0 Å². The molecule has 1 aliphatic rings. The first-order valence-corrected chi connectivity index (χ1v) is 6.70. The van der Waals surface area contributed by atoms with Crippen molar-refractivity contribution in [3.05, 3.63) is 0 Å². The third kappa shape index (κ3) is 3.37. The van der Waals surface area contributed by atoms with Crippen LogP contribution in [0.4, 0.5) is 0 Å². The molecular formula is C13H25N3O2. The van der Waals surface area contributed by atoms with Gasteiger partial charge in [0.1, 0.15) is 0 Å². The first-order chi connectivity index (χ1) is 8.42. The molecule has 5 heteroatoms. The van der Waals surface area contributed by atoms with E-state index in [-0.39, 0.29) is 24.3 Å². The second-order valence-electron chi connectivity index (χ2n) is 5.70. The molecule has 0 aromatic carbocycles. The van der Waals surface area contributed by atoms with E-state index in [1.165, 1.54) is 0 Å². The standard InChI is InChI=1S/C13H25N3O2/c1-4-13(2,3)12(17)16(9-11(14)15-18)10-7-5-6-8-10/h10,18H,4-9H2,1-3H3,(H2,14,15). The van der Waals surface area contributed by atoms with E-state index in [2.05, 4.69) is 5.16 Å². The molecule has 0 unspecified atom stereocenters. The summed E-state index contributed by atoms with van der Waals surface area (Å²) in [6.45, 7) is 6.13. The van der Waals surface area contributed by atoms with Gasteiger partial charge in [0, 0.05) is 11.5 Å². The summed E-state index contributed by atoms with van der Waals surface area (Å²) in [6, 6.07) is 0.239. The number of oxime groups is 1. The summed E-state index contributed by atoms with van der Waals surface area (Å²) in [5.41, 5.74) is 5.18. The van der Waals surface area contributed by atoms with E-state index < -0.39 is 5.41 Å². The Bertz CT molecular complexity index is 320. The predicted molar refractivity (Wildman–Crippen MR) is 71.4 cm³/mol. The average Bonchev–Trinajstić information content (AvgIpc) is 2.88. The van der Waals surface area contributed by atoms with E-state index >= 15 is 0 Å². The molecule has 0 aliphatic heterocycles. The Hall–Kier alpha value is -1.26. The lowest BCUT2D eigenvalue weighted by Gasteiger charge is -2.35. The minimum Gasteiger partial charge on any atom is -0.409 e. The lowest BCUT2D eigenvalue weighted by Crippen LogP contribution is -2.49. The molecule has 0 spiro atoms. The van der Waals surface area contributed by atoms with Crippen molar-refractivity contribution in [2.24, 2.45) is 16.3 Å². The monoisotopic (exact) mass is 255 g/mol. The molecule has 1 saturated carbocycles. The summed E-state index contributed by atoms with van der Waals surface area (Å²) in [4.78, 5) is 14.4. The van der Waals surface area contributed by atoms with Crippen LogP contribution in [0.15, 0.2) is 5.16 Å². The maximum atomic E-state index is 12.6. The Morgan fingerprint density at radius 2 is 2.00 bits per heavy atom. The maximum Gasteiger partial charge on any atom is 0.228 e. The van der Waals surface area contributed by atoms with Crippen LogP contribution in [-0.2, 0) is 4.79 Å². The second-order valence-corrected chi connectivity index (χ2v) is 5.70. The van der Waals surface area contributed by atoms with Gasteiger partial charge in [0.15, 0.2) is 5.84 Å². The molecule has 1 rings (SSSR count). The van der Waals surface area contributed by atoms with Gasteiger partial charge in [0.2, 0.25) is 5.91 Å². The molecule has 0 atom stereocenters. The lowest BCUT2D eigenvalue weighted by atomic mass is 9.88. The number of carbonyl (C=O) groups is 1. The van der Waals surface area contributed by atoms with Crippen LogP contribution in [0.5, 0.6) is 0 Å². The second kappa shape index (κ2) is 6.07. The molecule has 0 radical (unpaired) electrons. The van der Waals surface area contributed by atoms with Crippen molar-refractivity contribution in [3.8, 4) is 0 Å². The fraction of sp³-hybridized carbons (Fsp3) is 0.846. The molecule has 1 fully saturated rings. The Morgan fingerprint density at radius 3 is 2.44 bits per heavy atom. The highest BCUT2D eigenvalue weighted by Crippen LogP contribution is 2.29. The summed E-state index contributed by atoms with van der Waals surface area (Å²) in [5, 5.41) is 11.7. The van der Waals surface area contributed by atoms with E-state index in [1.807, 2.05) is 20.8 Å². The van der Waals surface area contributed by atoms with Gasteiger partial charge >= 0.3 is 0 Å². The Balaban J connectivity index is 2.85. The Labute approximate surface area is 109 Å². The van der Waals surface area contributed by atoms with E-state index in [0.717, 1.165) is 32.1 Å². The number of rotatable bonds is 5. The molecule has 5 nitrogen and oxygen atoms in total. The zero-order chi connectivity index (χ0) is 13.8. The largest absolute Gasteiger partial charge is 0.409 e. The minimum atomic E-state index is -0.391. The van der Waals surface area contributed by atoms with Gasteiger partial charge in [-0.25, -0.2) is 0 Å². The molecule has 1 aliphatic carbocycles. The highest BCUT2D eigenvalue weighted by atomic mass is 16.4. The van der Waals surface area contributed by atoms with Crippen molar-refractivity contribution in [1.82, 2.24) is 4.90 Å². The van der Waals surface area contributed by atoms with Crippen LogP contribution in [0.1, 0.15) is 52.9 Å². The highest BCUT2D eigenvalue weighted by Gasteiger charge is 2.35. The van der Waals surface area contributed by atoms with Crippen LogP contribution < -0.4 is 5.73 Å². The van der Waals surface area contributed by atoms with Crippen molar-refractivity contribution >= 4 is 11.7 Å². The van der Waals surface area contributed by atoms with Gasteiger partial charge in [0.05, 0.1) is 6.54 Å². The fourth-order valence-electron chi connectivity index (χ4n) is 2.33. The van der Waals surface area contributed by atoms with Gasteiger partial charge in [-0.1, -0.05) is 38.8 Å². The molecule has 3 N–H and O–H groups in total. The quantitative estimate of drug-likeness (QED) is 0.341. The van der Waals surface area contributed by atoms with Gasteiger partial charge in [-0.2, -0.15) is 0 Å². The molecule has 0 saturated heterocycles. The molecular weight excluding hydrogens is 230 g/mol. The minimum absolute atomic E-state index is 0.0992. The third-order valence-corrected chi connectivity index (χ3v) is 3.95. The summed E-state index contributed by atoms with van der Waals surface area (Å²) in [7, 11) is 0. The number of amides is 1. The summed E-state index contributed by atoms with van der Waals surface area (Å²) >= 11 is 0. The van der Waals surface area contributed by atoms with Crippen molar-refractivity contribution in [2.75, 3.05) is 6.54 Å². The molecule has 0 aromatic heterocycles. The SMILES string of the molecule is CCC(C)(C)C(=O)N(CC(N)=NO)C1CCCC1. The smallest absolute Gasteiger partial charge is 0.228 e. The molecule has 18 heavy (non-hydrogen) atoms. The van der Waals surface area contributed by atoms with E-state index in [0.29, 0.717) is 0 Å². The first-order valence-electron chi connectivity index (χ1n) is 6.70. The predicted octanol–water partition coefficient (Wildman–Crippen LogP) is 1.94. The van der Waals surface area contributed by atoms with Crippen LogP contribution >= 0.6 is 0 Å². The first kappa shape index (κ1) is 14.8. The van der Waals surface area contributed by atoms with Crippen LogP contribution in [-0.4, -0.2) is 34.4 Å². The number of amidine groups is 1. The normalized spacial score (nSPS) is 18.1. The summed E-state index contributed by atoms with van der Waals surface area (Å²) in [6.07, 6.45) is 5.12. The van der Waals surface area contributed by atoms with Crippen LogP contribution in [0.2, 0.25) is 0 Å². The number of hydrogen-bond donors (Lipinski definition) is 2. The van der Waals surface area contributed by atoms with Gasteiger partial charge in [-0.05, 0) is 19.3 Å². The van der Waals surface area contributed by atoms with Crippen molar-refractivity contribution in [3.63, 3.8) is 0 Å². The number of carbonyl (C=O) groups excluding carboxylic acids is 1. The number of hydrogen-bond acceptors (Lipinski definition) is 3. The van der Waals surface area contributed by atoms with Crippen molar-refractivity contribution in [1.29, 1.82) is 0 Å². The van der Waals surface area contributed by atoms with Gasteiger partial charge in [0.25, 0.3) is 0 Å². The third-order valence-electron chi connectivity index (χ3n) is 3.95. The van der Waals surface area contributed by atoms with Crippen LogP contribution in [0.3, 0.4) is 0 Å². The van der Waals surface area contributed by atoms with Gasteiger partial charge < -0.3 is 15.8 Å².